The van der Waals surface area contributed by atoms with Crippen LogP contribution in [-0.4, -0.2) is 32.7 Å². The Bertz CT molecular complexity index is 391. The van der Waals surface area contributed by atoms with Gasteiger partial charge in [0.2, 0.25) is 5.91 Å². The third-order valence-electron chi connectivity index (χ3n) is 2.44. The molecule has 18 heavy (non-hydrogen) atoms. The van der Waals surface area contributed by atoms with Crippen LogP contribution < -0.4 is 10.6 Å². The number of methoxy groups -OCH3 is 1. The van der Waals surface area contributed by atoms with Crippen LogP contribution >= 0.6 is 0 Å². The highest BCUT2D eigenvalue weighted by Crippen LogP contribution is 2.15. The summed E-state index contributed by atoms with van der Waals surface area (Å²) in [5, 5.41) is 5.85. The minimum atomic E-state index is -0.0540. The number of rotatable bonds is 8. The van der Waals surface area contributed by atoms with E-state index in [4.69, 9.17) is 4.74 Å². The summed E-state index contributed by atoms with van der Waals surface area (Å²) < 4.78 is 5.05. The molecule has 0 saturated heterocycles. The monoisotopic (exact) mass is 248 g/mol. The molecular formula is C14H20N2O2. The molecule has 98 valence electrons. The number of nitrogens with one attached hydrogen (secondary N) is 2. The summed E-state index contributed by atoms with van der Waals surface area (Å²) in [6.45, 7) is 5.13. The minimum absolute atomic E-state index is 0.0540. The molecule has 4 heteroatoms. The van der Waals surface area contributed by atoms with Crippen molar-refractivity contribution in [2.24, 2.45) is 0 Å². The maximum absolute atomic E-state index is 11.7. The molecule has 1 aromatic rings. The molecule has 0 aliphatic rings. The minimum Gasteiger partial charge on any atom is -0.384 e. The van der Waals surface area contributed by atoms with E-state index in [1.54, 1.807) is 13.2 Å². The topological polar surface area (TPSA) is 50.4 Å². The van der Waals surface area contributed by atoms with Gasteiger partial charge in [0.15, 0.2) is 0 Å². The van der Waals surface area contributed by atoms with Gasteiger partial charge >= 0.3 is 0 Å². The van der Waals surface area contributed by atoms with Gasteiger partial charge in [-0.25, -0.2) is 0 Å². The molecule has 0 bridgehead atoms. The second kappa shape index (κ2) is 8.44. The van der Waals surface area contributed by atoms with E-state index >= 15 is 0 Å². The van der Waals surface area contributed by atoms with E-state index < -0.39 is 0 Å². The Hall–Kier alpha value is -1.65. The van der Waals surface area contributed by atoms with Crippen LogP contribution in [-0.2, 0) is 16.0 Å². The Labute approximate surface area is 108 Å². The van der Waals surface area contributed by atoms with Gasteiger partial charge in [0.25, 0.3) is 0 Å². The fourth-order valence-electron chi connectivity index (χ4n) is 1.55. The van der Waals surface area contributed by atoms with Crippen molar-refractivity contribution in [1.82, 2.24) is 5.32 Å². The van der Waals surface area contributed by atoms with Crippen molar-refractivity contribution in [3.05, 3.63) is 42.5 Å². The lowest BCUT2D eigenvalue weighted by Gasteiger charge is -2.10. The van der Waals surface area contributed by atoms with Crippen LogP contribution in [0.15, 0.2) is 36.9 Å². The number of hydrogen-bond donors (Lipinski definition) is 2. The molecule has 4 nitrogen and oxygen atoms in total. The summed E-state index contributed by atoms with van der Waals surface area (Å²) in [7, 11) is 1.67. The highest BCUT2D eigenvalue weighted by molar-refractivity contribution is 5.92. The zero-order chi connectivity index (χ0) is 13.2. The molecule has 0 radical (unpaired) electrons. The predicted octanol–water partition coefficient (Wildman–Crippen LogP) is 1.59. The molecular weight excluding hydrogens is 228 g/mol. The molecule has 0 fully saturated rings. The first-order valence-electron chi connectivity index (χ1n) is 5.96. The van der Waals surface area contributed by atoms with Gasteiger partial charge in [0.05, 0.1) is 13.2 Å². The summed E-state index contributed by atoms with van der Waals surface area (Å²) in [6.07, 6.45) is 2.51. The Balaban J connectivity index is 2.54. The number of ether oxygens (including phenoxy) is 1. The van der Waals surface area contributed by atoms with E-state index in [9.17, 15) is 4.79 Å². The first-order chi connectivity index (χ1) is 8.77. The largest absolute Gasteiger partial charge is 0.384 e. The van der Waals surface area contributed by atoms with Gasteiger partial charge in [-0.1, -0.05) is 24.3 Å². The number of amides is 1. The maximum Gasteiger partial charge on any atom is 0.238 e. The van der Waals surface area contributed by atoms with Gasteiger partial charge < -0.3 is 15.4 Å². The molecule has 1 amide bonds. The van der Waals surface area contributed by atoms with Gasteiger partial charge in [-0.05, 0) is 18.1 Å². The molecule has 0 unspecified atom stereocenters. The number of para-hydroxylation sites is 1. The second-order valence-corrected chi connectivity index (χ2v) is 3.87. The lowest BCUT2D eigenvalue weighted by molar-refractivity contribution is -0.115. The van der Waals surface area contributed by atoms with E-state index in [1.165, 1.54) is 0 Å². The Morgan fingerprint density at radius 1 is 1.44 bits per heavy atom. The molecule has 0 atom stereocenters. The van der Waals surface area contributed by atoms with Crippen molar-refractivity contribution < 1.29 is 9.53 Å². The van der Waals surface area contributed by atoms with Gasteiger partial charge in [0, 0.05) is 19.3 Å². The van der Waals surface area contributed by atoms with Crippen molar-refractivity contribution >= 4 is 11.6 Å². The molecule has 0 heterocycles. The van der Waals surface area contributed by atoms with Crippen LogP contribution in [0, 0.1) is 0 Å². The smallest absolute Gasteiger partial charge is 0.238 e. The molecule has 1 rings (SSSR count). The van der Waals surface area contributed by atoms with Crippen molar-refractivity contribution in [3.8, 4) is 0 Å². The average molecular weight is 248 g/mol. The van der Waals surface area contributed by atoms with Crippen LogP contribution in [0.25, 0.3) is 0 Å². The SMILES string of the molecule is C=CCNCC(=O)Nc1ccccc1CCOC. The van der Waals surface area contributed by atoms with Crippen LogP contribution in [0.2, 0.25) is 0 Å². The lowest BCUT2D eigenvalue weighted by atomic mass is 10.1. The third kappa shape index (κ3) is 5.12. The van der Waals surface area contributed by atoms with Gasteiger partial charge in [0.1, 0.15) is 0 Å². The normalized spacial score (nSPS) is 10.1. The number of anilines is 1. The zero-order valence-electron chi connectivity index (χ0n) is 10.7. The van der Waals surface area contributed by atoms with E-state index in [0.717, 1.165) is 17.7 Å². The van der Waals surface area contributed by atoms with Gasteiger partial charge in [-0.2, -0.15) is 0 Å². The fourth-order valence-corrected chi connectivity index (χ4v) is 1.55. The summed E-state index contributed by atoms with van der Waals surface area (Å²) in [5.41, 5.74) is 1.93. The molecule has 0 spiro atoms. The van der Waals surface area contributed by atoms with E-state index in [1.807, 2.05) is 24.3 Å². The van der Waals surface area contributed by atoms with Crippen molar-refractivity contribution in [1.29, 1.82) is 0 Å². The summed E-state index contributed by atoms with van der Waals surface area (Å²) in [5.74, 6) is -0.0540. The molecule has 2 N–H and O–H groups in total. The number of carbonyl (C=O) groups is 1. The molecule has 0 aliphatic heterocycles. The molecule has 0 aromatic heterocycles. The Kier molecular flexibility index (Phi) is 6.76. The summed E-state index contributed by atoms with van der Waals surface area (Å²) in [4.78, 5) is 11.7. The summed E-state index contributed by atoms with van der Waals surface area (Å²) >= 11 is 0. The Morgan fingerprint density at radius 3 is 2.94 bits per heavy atom. The van der Waals surface area contributed by atoms with Crippen molar-refractivity contribution in [3.63, 3.8) is 0 Å². The van der Waals surface area contributed by atoms with Crippen molar-refractivity contribution in [2.75, 3.05) is 32.1 Å². The highest BCUT2D eigenvalue weighted by atomic mass is 16.5. The van der Waals surface area contributed by atoms with E-state index in [-0.39, 0.29) is 12.5 Å². The highest BCUT2D eigenvalue weighted by Gasteiger charge is 2.05. The fraction of sp³-hybridized carbons (Fsp3) is 0.357. The number of carbonyl (C=O) groups excluding carboxylic acids is 1. The zero-order valence-corrected chi connectivity index (χ0v) is 10.7. The van der Waals surface area contributed by atoms with Gasteiger partial charge in [-0.15, -0.1) is 6.58 Å². The number of benzene rings is 1. The van der Waals surface area contributed by atoms with E-state index in [0.29, 0.717) is 13.2 Å². The van der Waals surface area contributed by atoms with Gasteiger partial charge in [-0.3, -0.25) is 4.79 Å². The lowest BCUT2D eigenvalue weighted by Crippen LogP contribution is -2.28. The Morgan fingerprint density at radius 2 is 2.22 bits per heavy atom. The van der Waals surface area contributed by atoms with Crippen LogP contribution in [0.5, 0.6) is 0 Å². The van der Waals surface area contributed by atoms with E-state index in [2.05, 4.69) is 17.2 Å². The first-order valence-corrected chi connectivity index (χ1v) is 5.96. The summed E-state index contributed by atoms with van der Waals surface area (Å²) in [6, 6.07) is 7.75. The maximum atomic E-state index is 11.7. The standard InChI is InChI=1S/C14H20N2O2/c1-3-9-15-11-14(17)16-13-7-5-4-6-12(13)8-10-18-2/h3-7,15H,1,8-11H2,2H3,(H,16,17). The van der Waals surface area contributed by atoms with Crippen LogP contribution in [0.3, 0.4) is 0 Å². The predicted molar refractivity (Wildman–Crippen MR) is 73.7 cm³/mol. The first kappa shape index (κ1) is 14.4. The molecule has 0 aliphatic carbocycles. The third-order valence-corrected chi connectivity index (χ3v) is 2.44. The van der Waals surface area contributed by atoms with Crippen LogP contribution in [0.1, 0.15) is 5.56 Å². The average Bonchev–Trinajstić information content (AvgIpc) is 2.38. The van der Waals surface area contributed by atoms with Crippen LogP contribution in [0.4, 0.5) is 5.69 Å². The molecule has 1 aromatic carbocycles. The quantitative estimate of drug-likeness (QED) is 0.542. The molecule has 0 saturated carbocycles. The second-order valence-electron chi connectivity index (χ2n) is 3.87. The van der Waals surface area contributed by atoms with Crippen molar-refractivity contribution in [2.45, 2.75) is 6.42 Å². The number of hydrogen-bond acceptors (Lipinski definition) is 3.